The van der Waals surface area contributed by atoms with Crippen molar-refractivity contribution in [2.24, 2.45) is 0 Å². The van der Waals surface area contributed by atoms with Crippen molar-refractivity contribution in [1.29, 1.82) is 0 Å². The van der Waals surface area contributed by atoms with Crippen molar-refractivity contribution in [3.05, 3.63) is 69.8 Å². The van der Waals surface area contributed by atoms with Crippen LogP contribution in [0.25, 0.3) is 0 Å². The Kier molecular flexibility index (Phi) is 4.09. The van der Waals surface area contributed by atoms with E-state index in [1.165, 1.54) is 12.1 Å². The molecule has 0 atom stereocenters. The van der Waals surface area contributed by atoms with Gasteiger partial charge >= 0.3 is 0 Å². The van der Waals surface area contributed by atoms with E-state index < -0.39 is 34.6 Å². The number of hydrogen-bond acceptors (Lipinski definition) is 1. The Hall–Kier alpha value is -1.88. The van der Waals surface area contributed by atoms with Crippen LogP contribution < -0.4 is 0 Å². The lowest BCUT2D eigenvalue weighted by Gasteiger charge is -2.05. The second-order valence-electron chi connectivity index (χ2n) is 4.07. The molecule has 0 spiro atoms. The first-order valence-corrected chi connectivity index (χ1v) is 5.88. The zero-order valence-corrected chi connectivity index (χ0v) is 10.6. The second kappa shape index (κ2) is 5.63. The normalized spacial score (nSPS) is 10.7. The molecule has 2 aromatic rings. The maximum Gasteiger partial charge on any atom is 0.195 e. The summed E-state index contributed by atoms with van der Waals surface area (Å²) in [6, 6.07) is 5.11. The molecular formula is C14H7ClF4O. The average Bonchev–Trinajstić information content (AvgIpc) is 2.40. The van der Waals surface area contributed by atoms with Crippen molar-refractivity contribution >= 4 is 17.4 Å². The summed E-state index contributed by atoms with van der Waals surface area (Å²) < 4.78 is 52.2. The summed E-state index contributed by atoms with van der Waals surface area (Å²) in [5.74, 6) is -6.02. The van der Waals surface area contributed by atoms with E-state index in [4.69, 9.17) is 11.6 Å². The number of Topliss-reactive ketones (excluding diaryl/α,β-unsaturated/α-hetero) is 1. The van der Waals surface area contributed by atoms with Crippen LogP contribution in [0.1, 0.15) is 15.9 Å². The Labute approximate surface area is 116 Å². The van der Waals surface area contributed by atoms with Crippen LogP contribution in [-0.4, -0.2) is 5.78 Å². The van der Waals surface area contributed by atoms with E-state index in [0.717, 1.165) is 12.1 Å². The number of halogens is 5. The third-order valence-electron chi connectivity index (χ3n) is 2.68. The molecule has 0 aliphatic rings. The Bertz CT molecular complexity index is 685. The van der Waals surface area contributed by atoms with Gasteiger partial charge in [0, 0.05) is 6.42 Å². The average molecular weight is 303 g/mol. The fourth-order valence-corrected chi connectivity index (χ4v) is 1.87. The standard InChI is InChI=1S/C14H7ClF4O/c15-9-5-7(1-3-10(9)16)6-12(20)8-2-4-11(17)14(19)13(8)18/h1-5H,6H2. The van der Waals surface area contributed by atoms with Crippen LogP contribution in [0.2, 0.25) is 5.02 Å². The first-order valence-electron chi connectivity index (χ1n) is 5.50. The zero-order valence-electron chi connectivity index (χ0n) is 9.89. The molecule has 0 aromatic heterocycles. The summed E-state index contributed by atoms with van der Waals surface area (Å²) >= 11 is 5.55. The van der Waals surface area contributed by atoms with Crippen molar-refractivity contribution in [2.45, 2.75) is 6.42 Å². The SMILES string of the molecule is O=C(Cc1ccc(F)c(Cl)c1)c1ccc(F)c(F)c1F. The highest BCUT2D eigenvalue weighted by molar-refractivity contribution is 6.30. The largest absolute Gasteiger partial charge is 0.294 e. The van der Waals surface area contributed by atoms with Gasteiger partial charge in [0.25, 0.3) is 0 Å². The molecule has 0 fully saturated rings. The van der Waals surface area contributed by atoms with Gasteiger partial charge in [-0.3, -0.25) is 4.79 Å². The van der Waals surface area contributed by atoms with Crippen molar-refractivity contribution in [3.63, 3.8) is 0 Å². The molecule has 0 bridgehead atoms. The van der Waals surface area contributed by atoms with Gasteiger partial charge in [0.05, 0.1) is 10.6 Å². The molecule has 2 aromatic carbocycles. The predicted molar refractivity (Wildman–Crippen MR) is 65.8 cm³/mol. The van der Waals surface area contributed by atoms with Crippen LogP contribution in [0.15, 0.2) is 30.3 Å². The summed E-state index contributed by atoms with van der Waals surface area (Å²) in [4.78, 5) is 11.8. The minimum atomic E-state index is -1.70. The van der Waals surface area contributed by atoms with E-state index in [0.29, 0.717) is 11.6 Å². The van der Waals surface area contributed by atoms with Gasteiger partial charge in [-0.2, -0.15) is 0 Å². The number of carbonyl (C=O) groups excluding carboxylic acids is 1. The molecule has 0 aliphatic carbocycles. The highest BCUT2D eigenvalue weighted by atomic mass is 35.5. The summed E-state index contributed by atoms with van der Waals surface area (Å²) in [5, 5.41) is -0.180. The van der Waals surface area contributed by atoms with Gasteiger partial charge in [0.15, 0.2) is 23.2 Å². The van der Waals surface area contributed by atoms with E-state index in [2.05, 4.69) is 0 Å². The second-order valence-corrected chi connectivity index (χ2v) is 4.48. The molecule has 0 amide bonds. The van der Waals surface area contributed by atoms with Crippen molar-refractivity contribution in [1.82, 2.24) is 0 Å². The Morgan fingerprint density at radius 1 is 0.950 bits per heavy atom. The van der Waals surface area contributed by atoms with E-state index in [9.17, 15) is 22.4 Å². The third kappa shape index (κ3) is 2.82. The molecule has 6 heteroatoms. The van der Waals surface area contributed by atoms with Gasteiger partial charge in [-0.1, -0.05) is 17.7 Å². The highest BCUT2D eigenvalue weighted by Gasteiger charge is 2.19. The summed E-state index contributed by atoms with van der Waals surface area (Å²) in [6.07, 6.45) is -0.304. The van der Waals surface area contributed by atoms with Crippen LogP contribution in [0.3, 0.4) is 0 Å². The van der Waals surface area contributed by atoms with Crippen LogP contribution in [0.5, 0.6) is 0 Å². The van der Waals surface area contributed by atoms with Gasteiger partial charge in [0.2, 0.25) is 0 Å². The number of ketones is 1. The van der Waals surface area contributed by atoms with Gasteiger partial charge in [-0.25, -0.2) is 17.6 Å². The van der Waals surface area contributed by atoms with Crippen LogP contribution in [0, 0.1) is 23.3 Å². The molecule has 1 nitrogen and oxygen atoms in total. The Morgan fingerprint density at radius 2 is 1.60 bits per heavy atom. The Balaban J connectivity index is 2.28. The molecular weight excluding hydrogens is 296 g/mol. The van der Waals surface area contributed by atoms with Crippen molar-refractivity contribution in [2.75, 3.05) is 0 Å². The Morgan fingerprint density at radius 3 is 2.25 bits per heavy atom. The van der Waals surface area contributed by atoms with Crippen LogP contribution in [-0.2, 0) is 6.42 Å². The minimum absolute atomic E-state index is 0.180. The lowest BCUT2D eigenvalue weighted by Crippen LogP contribution is -2.08. The van der Waals surface area contributed by atoms with Gasteiger partial charge < -0.3 is 0 Å². The third-order valence-corrected chi connectivity index (χ3v) is 2.97. The zero-order chi connectivity index (χ0) is 14.9. The van der Waals surface area contributed by atoms with Crippen molar-refractivity contribution < 1.29 is 22.4 Å². The fourth-order valence-electron chi connectivity index (χ4n) is 1.67. The van der Waals surface area contributed by atoms with E-state index >= 15 is 0 Å². The lowest BCUT2D eigenvalue weighted by atomic mass is 10.0. The van der Waals surface area contributed by atoms with E-state index in [1.807, 2.05) is 0 Å². The van der Waals surface area contributed by atoms with E-state index in [-0.39, 0.29) is 11.4 Å². The molecule has 0 N–H and O–H groups in total. The first-order chi connectivity index (χ1) is 9.40. The maximum absolute atomic E-state index is 13.4. The number of hydrogen-bond donors (Lipinski definition) is 0. The van der Waals surface area contributed by atoms with Gasteiger partial charge in [-0.15, -0.1) is 0 Å². The number of benzene rings is 2. The predicted octanol–water partition coefficient (Wildman–Crippen LogP) is 4.32. The molecule has 104 valence electrons. The summed E-state index contributed by atoms with van der Waals surface area (Å²) in [6.45, 7) is 0. The molecule has 0 saturated carbocycles. The lowest BCUT2D eigenvalue weighted by molar-refractivity contribution is 0.0988. The molecule has 0 heterocycles. The number of rotatable bonds is 3. The quantitative estimate of drug-likeness (QED) is 0.469. The smallest absolute Gasteiger partial charge is 0.195 e. The van der Waals surface area contributed by atoms with Crippen LogP contribution >= 0.6 is 11.6 Å². The molecule has 0 unspecified atom stereocenters. The molecule has 0 aliphatic heterocycles. The summed E-state index contributed by atoms with van der Waals surface area (Å²) in [7, 11) is 0. The molecule has 0 saturated heterocycles. The summed E-state index contributed by atoms with van der Waals surface area (Å²) in [5.41, 5.74) is -0.227. The number of carbonyl (C=O) groups is 1. The maximum atomic E-state index is 13.4. The van der Waals surface area contributed by atoms with Gasteiger partial charge in [-0.05, 0) is 29.8 Å². The molecule has 2 rings (SSSR count). The minimum Gasteiger partial charge on any atom is -0.294 e. The molecule has 0 radical (unpaired) electrons. The fraction of sp³-hybridized carbons (Fsp3) is 0.0714. The van der Waals surface area contributed by atoms with E-state index in [1.54, 1.807) is 0 Å². The molecule has 20 heavy (non-hydrogen) atoms. The van der Waals surface area contributed by atoms with Crippen LogP contribution in [0.4, 0.5) is 17.6 Å². The monoisotopic (exact) mass is 302 g/mol. The van der Waals surface area contributed by atoms with Gasteiger partial charge in [0.1, 0.15) is 5.82 Å². The van der Waals surface area contributed by atoms with Crippen molar-refractivity contribution in [3.8, 4) is 0 Å². The topological polar surface area (TPSA) is 17.1 Å². The first kappa shape index (κ1) is 14.5. The highest BCUT2D eigenvalue weighted by Crippen LogP contribution is 2.20.